The van der Waals surface area contributed by atoms with Gasteiger partial charge in [0, 0.05) is 25.1 Å². The maximum absolute atomic E-state index is 10.1. The van der Waals surface area contributed by atoms with E-state index in [1.165, 1.54) is 0 Å². The van der Waals surface area contributed by atoms with Gasteiger partial charge in [0.25, 0.3) is 0 Å². The van der Waals surface area contributed by atoms with E-state index in [1.54, 1.807) is 0 Å². The van der Waals surface area contributed by atoms with Gasteiger partial charge < -0.3 is 14.8 Å². The molecule has 1 fully saturated rings. The fourth-order valence-electron chi connectivity index (χ4n) is 2.12. The zero-order valence-corrected chi connectivity index (χ0v) is 8.44. The van der Waals surface area contributed by atoms with E-state index in [9.17, 15) is 5.11 Å². The third-order valence-electron chi connectivity index (χ3n) is 3.05. The summed E-state index contributed by atoms with van der Waals surface area (Å²) in [5.41, 5.74) is 0.920. The van der Waals surface area contributed by atoms with Crippen LogP contribution in [0.5, 0.6) is 0 Å². The van der Waals surface area contributed by atoms with Crippen molar-refractivity contribution in [2.75, 3.05) is 13.2 Å². The third-order valence-corrected chi connectivity index (χ3v) is 3.05. The van der Waals surface area contributed by atoms with Crippen LogP contribution in [-0.4, -0.2) is 23.3 Å². The quantitative estimate of drug-likeness (QED) is 0.754. The number of aliphatic hydroxyl groups excluding tert-OH is 1. The molecule has 0 radical (unpaired) electrons. The molecule has 1 saturated heterocycles. The number of rotatable bonds is 2. The van der Waals surface area contributed by atoms with Crippen LogP contribution >= 0.6 is 0 Å². The van der Waals surface area contributed by atoms with Gasteiger partial charge in [-0.2, -0.15) is 0 Å². The number of hydrogen-bond donors (Lipinski definition) is 2. The van der Waals surface area contributed by atoms with Crippen LogP contribution in [0, 0.1) is 11.8 Å². The van der Waals surface area contributed by atoms with Crippen LogP contribution in [0.15, 0.2) is 18.3 Å². The smallest absolute Gasteiger partial charge is 0.0969 e. The summed E-state index contributed by atoms with van der Waals surface area (Å²) >= 11 is 0. The Bertz CT molecular complexity index is 271. The molecule has 2 heterocycles. The zero-order chi connectivity index (χ0) is 9.97. The maximum atomic E-state index is 10.1. The van der Waals surface area contributed by atoms with Gasteiger partial charge in [-0.05, 0) is 30.4 Å². The second-order valence-electron chi connectivity index (χ2n) is 4.08. The molecule has 14 heavy (non-hydrogen) atoms. The Balaban J connectivity index is 2.06. The first-order valence-electron chi connectivity index (χ1n) is 5.18. The van der Waals surface area contributed by atoms with Gasteiger partial charge in [-0.3, -0.25) is 0 Å². The first-order valence-corrected chi connectivity index (χ1v) is 5.18. The highest BCUT2D eigenvalue weighted by Crippen LogP contribution is 2.32. The lowest BCUT2D eigenvalue weighted by Crippen LogP contribution is -2.30. The molecule has 0 bridgehead atoms. The number of aromatic amines is 1. The van der Waals surface area contributed by atoms with Gasteiger partial charge in [-0.15, -0.1) is 0 Å². The molecule has 1 aromatic rings. The average molecular weight is 195 g/mol. The first kappa shape index (κ1) is 9.74. The van der Waals surface area contributed by atoms with Crippen molar-refractivity contribution in [3.8, 4) is 0 Å². The van der Waals surface area contributed by atoms with Crippen LogP contribution in [0.1, 0.15) is 25.1 Å². The van der Waals surface area contributed by atoms with Crippen LogP contribution in [0.2, 0.25) is 0 Å². The molecule has 78 valence electrons. The minimum Gasteiger partial charge on any atom is -0.387 e. The summed E-state index contributed by atoms with van der Waals surface area (Å²) in [4.78, 5) is 3.06. The van der Waals surface area contributed by atoms with E-state index in [2.05, 4.69) is 11.9 Å². The van der Waals surface area contributed by atoms with Crippen molar-refractivity contribution in [1.82, 2.24) is 4.98 Å². The highest BCUT2D eigenvalue weighted by molar-refractivity contribution is 5.08. The average Bonchev–Trinajstić information content (AvgIpc) is 2.70. The monoisotopic (exact) mass is 195 g/mol. The topological polar surface area (TPSA) is 45.2 Å². The highest BCUT2D eigenvalue weighted by atomic mass is 16.5. The Morgan fingerprint density at radius 2 is 2.50 bits per heavy atom. The van der Waals surface area contributed by atoms with E-state index in [1.807, 2.05) is 18.3 Å². The van der Waals surface area contributed by atoms with Gasteiger partial charge in [0.05, 0.1) is 6.10 Å². The van der Waals surface area contributed by atoms with Crippen molar-refractivity contribution >= 4 is 0 Å². The zero-order valence-electron chi connectivity index (χ0n) is 8.44. The summed E-state index contributed by atoms with van der Waals surface area (Å²) in [7, 11) is 0. The molecule has 1 aliphatic rings. The Morgan fingerprint density at radius 3 is 3.14 bits per heavy atom. The molecule has 3 heteroatoms. The van der Waals surface area contributed by atoms with Gasteiger partial charge in [0.15, 0.2) is 0 Å². The van der Waals surface area contributed by atoms with E-state index >= 15 is 0 Å². The molecule has 2 N–H and O–H groups in total. The standard InChI is InChI=1S/C11H17NO2/c1-8-7-14-6-4-9(8)11(13)10-3-2-5-12-10/h2-3,5,8-9,11-13H,4,6-7H2,1H3. The van der Waals surface area contributed by atoms with Crippen molar-refractivity contribution < 1.29 is 9.84 Å². The van der Waals surface area contributed by atoms with E-state index in [0.29, 0.717) is 11.8 Å². The fraction of sp³-hybridized carbons (Fsp3) is 0.636. The molecular formula is C11H17NO2. The predicted molar refractivity (Wildman–Crippen MR) is 53.8 cm³/mol. The molecule has 3 unspecified atom stereocenters. The largest absolute Gasteiger partial charge is 0.387 e. The van der Waals surface area contributed by atoms with E-state index in [0.717, 1.165) is 25.3 Å². The molecule has 0 aromatic carbocycles. The summed E-state index contributed by atoms with van der Waals surface area (Å²) in [6.07, 6.45) is 2.42. The number of ether oxygens (including phenoxy) is 1. The lowest BCUT2D eigenvalue weighted by Gasteiger charge is -2.32. The highest BCUT2D eigenvalue weighted by Gasteiger charge is 2.29. The molecule has 0 spiro atoms. The van der Waals surface area contributed by atoms with Gasteiger partial charge in [0.1, 0.15) is 0 Å². The summed E-state index contributed by atoms with van der Waals surface area (Å²) in [6, 6.07) is 3.86. The van der Waals surface area contributed by atoms with Gasteiger partial charge in [-0.25, -0.2) is 0 Å². The lowest BCUT2D eigenvalue weighted by molar-refractivity contribution is -0.0321. The van der Waals surface area contributed by atoms with E-state index < -0.39 is 0 Å². The van der Waals surface area contributed by atoms with Crippen LogP contribution in [0.25, 0.3) is 0 Å². The van der Waals surface area contributed by atoms with Crippen molar-refractivity contribution in [3.05, 3.63) is 24.0 Å². The second kappa shape index (κ2) is 4.15. The maximum Gasteiger partial charge on any atom is 0.0969 e. The van der Waals surface area contributed by atoms with Crippen LogP contribution < -0.4 is 0 Å². The second-order valence-corrected chi connectivity index (χ2v) is 4.08. The van der Waals surface area contributed by atoms with Crippen LogP contribution in [0.4, 0.5) is 0 Å². The van der Waals surface area contributed by atoms with Crippen LogP contribution in [0.3, 0.4) is 0 Å². The molecule has 2 rings (SSSR count). The Hall–Kier alpha value is -0.800. The normalized spacial score (nSPS) is 30.1. The Morgan fingerprint density at radius 1 is 1.64 bits per heavy atom. The number of aliphatic hydroxyl groups is 1. The van der Waals surface area contributed by atoms with Gasteiger partial charge >= 0.3 is 0 Å². The summed E-state index contributed by atoms with van der Waals surface area (Å²) in [6.45, 7) is 3.67. The molecular weight excluding hydrogens is 178 g/mol. The first-order chi connectivity index (χ1) is 6.79. The third kappa shape index (κ3) is 1.83. The lowest BCUT2D eigenvalue weighted by atomic mass is 9.84. The molecule has 0 saturated carbocycles. The predicted octanol–water partition coefficient (Wildman–Crippen LogP) is 1.72. The summed E-state index contributed by atoms with van der Waals surface area (Å²) < 4.78 is 5.36. The minimum atomic E-state index is -0.371. The number of aromatic nitrogens is 1. The van der Waals surface area contributed by atoms with E-state index in [4.69, 9.17) is 4.74 Å². The molecule has 0 amide bonds. The summed E-state index contributed by atoms with van der Waals surface area (Å²) in [5, 5.41) is 10.1. The van der Waals surface area contributed by atoms with Crippen LogP contribution in [-0.2, 0) is 4.74 Å². The fourth-order valence-corrected chi connectivity index (χ4v) is 2.12. The minimum absolute atomic E-state index is 0.322. The number of hydrogen-bond acceptors (Lipinski definition) is 2. The Labute approximate surface area is 84.1 Å². The molecule has 3 atom stereocenters. The van der Waals surface area contributed by atoms with Crippen molar-refractivity contribution in [1.29, 1.82) is 0 Å². The Kier molecular flexibility index (Phi) is 2.89. The van der Waals surface area contributed by atoms with Crippen molar-refractivity contribution in [2.45, 2.75) is 19.4 Å². The van der Waals surface area contributed by atoms with Crippen molar-refractivity contribution in [3.63, 3.8) is 0 Å². The SMILES string of the molecule is CC1COCCC1C(O)c1ccc[nH]1. The number of nitrogens with one attached hydrogen (secondary N) is 1. The molecule has 1 aliphatic heterocycles. The molecule has 1 aromatic heterocycles. The number of H-pyrrole nitrogens is 1. The van der Waals surface area contributed by atoms with Gasteiger partial charge in [0.2, 0.25) is 0 Å². The van der Waals surface area contributed by atoms with Gasteiger partial charge in [-0.1, -0.05) is 6.92 Å². The molecule has 0 aliphatic carbocycles. The molecule has 3 nitrogen and oxygen atoms in total. The van der Waals surface area contributed by atoms with E-state index in [-0.39, 0.29) is 6.10 Å². The van der Waals surface area contributed by atoms with Crippen molar-refractivity contribution in [2.24, 2.45) is 11.8 Å². The summed E-state index contributed by atoms with van der Waals surface area (Å²) in [5.74, 6) is 0.754.